The standard InChI is InChI=1S/C22H26FN3O3/c1-22(2)10-18(17-6-4-5-7-19(17)29-22)26-21(24-3)25-11-14-8-16(23)9-15-12-27-13-28-20(14)15/h4-9,18H,10-13H2,1-3H3,(H2,24,25,26). The minimum atomic E-state index is -0.308. The first-order chi connectivity index (χ1) is 13.9. The van der Waals surface area contributed by atoms with Gasteiger partial charge in [-0.2, -0.15) is 0 Å². The van der Waals surface area contributed by atoms with Gasteiger partial charge in [-0.25, -0.2) is 4.39 Å². The van der Waals surface area contributed by atoms with Crippen LogP contribution in [0.15, 0.2) is 41.4 Å². The Labute approximate surface area is 170 Å². The van der Waals surface area contributed by atoms with E-state index in [1.54, 1.807) is 7.05 Å². The van der Waals surface area contributed by atoms with Crippen LogP contribution in [0.5, 0.6) is 11.5 Å². The Balaban J connectivity index is 1.50. The average molecular weight is 399 g/mol. The van der Waals surface area contributed by atoms with Crippen molar-refractivity contribution in [2.75, 3.05) is 13.8 Å². The molecule has 0 saturated heterocycles. The molecular weight excluding hydrogens is 373 g/mol. The van der Waals surface area contributed by atoms with Crippen LogP contribution in [0, 0.1) is 5.82 Å². The number of nitrogens with zero attached hydrogens (tertiary/aromatic N) is 1. The van der Waals surface area contributed by atoms with Gasteiger partial charge in [0.1, 0.15) is 22.9 Å². The number of para-hydroxylation sites is 1. The average Bonchev–Trinajstić information content (AvgIpc) is 2.69. The summed E-state index contributed by atoms with van der Waals surface area (Å²) in [5, 5.41) is 6.76. The molecule has 2 aromatic rings. The van der Waals surface area contributed by atoms with E-state index >= 15 is 0 Å². The van der Waals surface area contributed by atoms with Gasteiger partial charge in [0, 0.05) is 36.7 Å². The molecule has 0 spiro atoms. The number of fused-ring (bicyclic) bond motifs is 2. The van der Waals surface area contributed by atoms with Crippen LogP contribution < -0.4 is 20.1 Å². The SMILES string of the molecule is CN=C(NCc1cc(F)cc2c1OCOC2)NC1CC(C)(C)Oc2ccccc21. The Kier molecular flexibility index (Phi) is 5.32. The lowest BCUT2D eigenvalue weighted by molar-refractivity contribution is -0.0172. The van der Waals surface area contributed by atoms with E-state index in [9.17, 15) is 4.39 Å². The quantitative estimate of drug-likeness (QED) is 0.609. The molecule has 0 bridgehead atoms. The third-order valence-electron chi connectivity index (χ3n) is 5.11. The maximum Gasteiger partial charge on any atom is 0.191 e. The van der Waals surface area contributed by atoms with E-state index in [-0.39, 0.29) is 24.3 Å². The summed E-state index contributed by atoms with van der Waals surface area (Å²) < 4.78 is 30.9. The summed E-state index contributed by atoms with van der Waals surface area (Å²) in [5.74, 6) is 1.88. The molecule has 0 aromatic heterocycles. The van der Waals surface area contributed by atoms with Crippen molar-refractivity contribution in [1.82, 2.24) is 10.6 Å². The van der Waals surface area contributed by atoms with E-state index in [0.717, 1.165) is 28.9 Å². The predicted octanol–water partition coefficient (Wildman–Crippen LogP) is 3.66. The van der Waals surface area contributed by atoms with Gasteiger partial charge in [-0.05, 0) is 32.0 Å². The van der Waals surface area contributed by atoms with Gasteiger partial charge < -0.3 is 24.8 Å². The summed E-state index contributed by atoms with van der Waals surface area (Å²) >= 11 is 0. The molecule has 6 nitrogen and oxygen atoms in total. The molecule has 0 radical (unpaired) electrons. The van der Waals surface area contributed by atoms with Crippen molar-refractivity contribution in [3.05, 3.63) is 58.9 Å². The van der Waals surface area contributed by atoms with Gasteiger partial charge in [0.15, 0.2) is 12.8 Å². The minimum Gasteiger partial charge on any atom is -0.487 e. The van der Waals surface area contributed by atoms with Crippen molar-refractivity contribution in [1.29, 1.82) is 0 Å². The highest BCUT2D eigenvalue weighted by Crippen LogP contribution is 2.39. The van der Waals surface area contributed by atoms with Crippen LogP contribution in [0.4, 0.5) is 4.39 Å². The molecule has 0 fully saturated rings. The lowest BCUT2D eigenvalue weighted by Crippen LogP contribution is -2.45. The van der Waals surface area contributed by atoms with Crippen molar-refractivity contribution in [2.45, 2.75) is 45.1 Å². The molecule has 2 aromatic carbocycles. The third-order valence-corrected chi connectivity index (χ3v) is 5.11. The van der Waals surface area contributed by atoms with Crippen LogP contribution in [0.3, 0.4) is 0 Å². The van der Waals surface area contributed by atoms with Gasteiger partial charge >= 0.3 is 0 Å². The highest BCUT2D eigenvalue weighted by Gasteiger charge is 2.34. The molecular formula is C22H26FN3O3. The van der Waals surface area contributed by atoms with Gasteiger partial charge in [-0.3, -0.25) is 4.99 Å². The Morgan fingerprint density at radius 1 is 1.28 bits per heavy atom. The van der Waals surface area contributed by atoms with Crippen molar-refractivity contribution in [3.63, 3.8) is 0 Å². The normalized spacial score (nSPS) is 20.0. The molecule has 0 saturated carbocycles. The van der Waals surface area contributed by atoms with Crippen LogP contribution >= 0.6 is 0 Å². The number of nitrogens with one attached hydrogen (secondary N) is 2. The molecule has 154 valence electrons. The maximum atomic E-state index is 14.0. The number of halogens is 1. The molecule has 2 aliphatic heterocycles. The number of benzene rings is 2. The second-order valence-electron chi connectivity index (χ2n) is 7.89. The van der Waals surface area contributed by atoms with Gasteiger partial charge in [0.25, 0.3) is 0 Å². The van der Waals surface area contributed by atoms with E-state index < -0.39 is 0 Å². The number of hydrogen-bond donors (Lipinski definition) is 2. The first-order valence-electron chi connectivity index (χ1n) is 9.72. The lowest BCUT2D eigenvalue weighted by atomic mass is 9.90. The molecule has 4 rings (SSSR count). The van der Waals surface area contributed by atoms with Crippen LogP contribution in [0.1, 0.15) is 43.0 Å². The molecule has 0 aliphatic carbocycles. The van der Waals surface area contributed by atoms with E-state index in [1.165, 1.54) is 12.1 Å². The zero-order valence-electron chi connectivity index (χ0n) is 16.9. The summed E-state index contributed by atoms with van der Waals surface area (Å²) in [7, 11) is 1.72. The smallest absolute Gasteiger partial charge is 0.191 e. The van der Waals surface area contributed by atoms with Gasteiger partial charge in [0.2, 0.25) is 0 Å². The monoisotopic (exact) mass is 399 g/mol. The fourth-order valence-electron chi connectivity index (χ4n) is 3.86. The molecule has 2 N–H and O–H groups in total. The molecule has 0 amide bonds. The van der Waals surface area contributed by atoms with E-state index in [0.29, 0.717) is 24.9 Å². The first kappa shape index (κ1) is 19.5. The Morgan fingerprint density at radius 3 is 2.93 bits per heavy atom. The second-order valence-corrected chi connectivity index (χ2v) is 7.89. The minimum absolute atomic E-state index is 0.0484. The van der Waals surface area contributed by atoms with Gasteiger partial charge in [0.05, 0.1) is 12.6 Å². The lowest BCUT2D eigenvalue weighted by Gasteiger charge is -2.38. The number of ether oxygens (including phenoxy) is 3. The van der Waals surface area contributed by atoms with Crippen LogP contribution in [0.2, 0.25) is 0 Å². The predicted molar refractivity (Wildman–Crippen MR) is 109 cm³/mol. The first-order valence-corrected chi connectivity index (χ1v) is 9.72. The third kappa shape index (κ3) is 4.29. The topological polar surface area (TPSA) is 64.1 Å². The molecule has 2 heterocycles. The Morgan fingerprint density at radius 2 is 2.10 bits per heavy atom. The van der Waals surface area contributed by atoms with Crippen LogP contribution in [0.25, 0.3) is 0 Å². The Bertz CT molecular complexity index is 930. The highest BCUT2D eigenvalue weighted by atomic mass is 19.1. The van der Waals surface area contributed by atoms with Gasteiger partial charge in [-0.15, -0.1) is 0 Å². The summed E-state index contributed by atoms with van der Waals surface area (Å²) in [6.45, 7) is 5.06. The van der Waals surface area contributed by atoms with Crippen LogP contribution in [-0.4, -0.2) is 25.4 Å². The molecule has 1 unspecified atom stereocenters. The Hall–Kier alpha value is -2.80. The maximum absolute atomic E-state index is 14.0. The number of hydrogen-bond acceptors (Lipinski definition) is 4. The summed E-state index contributed by atoms with van der Waals surface area (Å²) in [6, 6.07) is 11.0. The summed E-state index contributed by atoms with van der Waals surface area (Å²) in [5.41, 5.74) is 2.26. The highest BCUT2D eigenvalue weighted by molar-refractivity contribution is 5.80. The molecule has 1 atom stereocenters. The zero-order chi connectivity index (χ0) is 20.4. The summed E-state index contributed by atoms with van der Waals surface area (Å²) in [4.78, 5) is 4.35. The molecule has 7 heteroatoms. The van der Waals surface area contributed by atoms with E-state index in [1.807, 2.05) is 18.2 Å². The van der Waals surface area contributed by atoms with Crippen molar-refractivity contribution < 1.29 is 18.6 Å². The molecule has 2 aliphatic rings. The zero-order valence-corrected chi connectivity index (χ0v) is 16.9. The second kappa shape index (κ2) is 7.91. The van der Waals surface area contributed by atoms with Crippen molar-refractivity contribution in [3.8, 4) is 11.5 Å². The fourth-order valence-corrected chi connectivity index (χ4v) is 3.86. The van der Waals surface area contributed by atoms with E-state index in [2.05, 4.69) is 35.5 Å². The number of aliphatic imine (C=N–C) groups is 1. The number of rotatable bonds is 3. The molecule has 29 heavy (non-hydrogen) atoms. The van der Waals surface area contributed by atoms with Crippen molar-refractivity contribution in [2.24, 2.45) is 4.99 Å². The van der Waals surface area contributed by atoms with Gasteiger partial charge in [-0.1, -0.05) is 18.2 Å². The van der Waals surface area contributed by atoms with Crippen molar-refractivity contribution >= 4 is 5.96 Å². The van der Waals surface area contributed by atoms with Crippen LogP contribution in [-0.2, 0) is 17.9 Å². The number of guanidine groups is 1. The summed E-state index contributed by atoms with van der Waals surface area (Å²) in [6.07, 6.45) is 0.792. The fraction of sp³-hybridized carbons (Fsp3) is 0.409. The largest absolute Gasteiger partial charge is 0.487 e. The van der Waals surface area contributed by atoms with E-state index in [4.69, 9.17) is 14.2 Å².